The largest absolute Gasteiger partial charge is 0.393 e. The van der Waals surface area contributed by atoms with Gasteiger partial charge in [0, 0.05) is 12.2 Å². The molecule has 0 aliphatic carbocycles. The molecule has 0 radical (unpaired) electrons. The lowest BCUT2D eigenvalue weighted by Crippen LogP contribution is -2.15. The van der Waals surface area contributed by atoms with Gasteiger partial charge in [-0.05, 0) is 45.1 Å². The summed E-state index contributed by atoms with van der Waals surface area (Å²) in [5, 5.41) is 14.1. The van der Waals surface area contributed by atoms with E-state index in [1.54, 1.807) is 0 Å². The van der Waals surface area contributed by atoms with Crippen molar-refractivity contribution in [2.45, 2.75) is 59.1 Å². The Kier molecular flexibility index (Phi) is 5.00. The predicted octanol–water partition coefficient (Wildman–Crippen LogP) is 2.94. The van der Waals surface area contributed by atoms with E-state index in [-0.39, 0.29) is 6.10 Å². The van der Waals surface area contributed by atoms with Crippen LogP contribution in [0.4, 0.5) is 0 Å². The highest BCUT2D eigenvalue weighted by Gasteiger charge is 2.10. The number of rotatable bonds is 6. The summed E-state index contributed by atoms with van der Waals surface area (Å²) in [4.78, 5) is 0. The lowest BCUT2D eigenvalue weighted by Gasteiger charge is -2.16. The fourth-order valence-electron chi connectivity index (χ4n) is 1.77. The first-order valence-corrected chi connectivity index (χ1v) is 6.20. The Labute approximate surface area is 98.5 Å². The second-order valence-corrected chi connectivity index (χ2v) is 5.03. The molecule has 1 N–H and O–H groups in total. The standard InChI is InChI=1S/C13H24N2O/c1-10(2)13(16)7-5-6-12(4)15-9-8-11(3)14-15/h8-10,12-13,16H,5-7H2,1-4H3. The van der Waals surface area contributed by atoms with Gasteiger partial charge >= 0.3 is 0 Å². The zero-order valence-corrected chi connectivity index (χ0v) is 10.8. The molecule has 0 aliphatic rings. The van der Waals surface area contributed by atoms with Crippen LogP contribution >= 0.6 is 0 Å². The summed E-state index contributed by atoms with van der Waals surface area (Å²) in [7, 11) is 0. The Bertz CT molecular complexity index is 307. The number of hydrogen-bond donors (Lipinski definition) is 1. The molecule has 1 rings (SSSR count). The van der Waals surface area contributed by atoms with Crippen molar-refractivity contribution in [1.29, 1.82) is 0 Å². The molecule has 0 fully saturated rings. The van der Waals surface area contributed by atoms with Crippen molar-refractivity contribution in [3.63, 3.8) is 0 Å². The number of aliphatic hydroxyl groups is 1. The van der Waals surface area contributed by atoms with E-state index in [0.717, 1.165) is 25.0 Å². The quantitative estimate of drug-likeness (QED) is 0.806. The zero-order chi connectivity index (χ0) is 12.1. The molecule has 0 spiro atoms. The minimum absolute atomic E-state index is 0.161. The third-order valence-electron chi connectivity index (χ3n) is 3.08. The molecule has 0 saturated heterocycles. The molecule has 2 unspecified atom stereocenters. The molecular formula is C13H24N2O. The summed E-state index contributed by atoms with van der Waals surface area (Å²) in [6, 6.07) is 2.45. The molecule has 0 bridgehead atoms. The van der Waals surface area contributed by atoms with Crippen LogP contribution in [0, 0.1) is 12.8 Å². The van der Waals surface area contributed by atoms with Crippen molar-refractivity contribution in [1.82, 2.24) is 9.78 Å². The summed E-state index contributed by atoms with van der Waals surface area (Å²) >= 11 is 0. The van der Waals surface area contributed by atoms with E-state index >= 15 is 0 Å². The lowest BCUT2D eigenvalue weighted by molar-refractivity contribution is 0.112. The summed E-state index contributed by atoms with van der Waals surface area (Å²) in [6.45, 7) is 8.30. The molecule has 0 saturated carbocycles. The smallest absolute Gasteiger partial charge is 0.0593 e. The topological polar surface area (TPSA) is 38.0 Å². The first-order chi connectivity index (χ1) is 7.50. The third kappa shape index (κ3) is 3.97. The highest BCUT2D eigenvalue weighted by atomic mass is 16.3. The van der Waals surface area contributed by atoms with Crippen molar-refractivity contribution in [2.24, 2.45) is 5.92 Å². The van der Waals surface area contributed by atoms with E-state index in [2.05, 4.69) is 25.9 Å². The maximum atomic E-state index is 9.69. The maximum Gasteiger partial charge on any atom is 0.0593 e. The van der Waals surface area contributed by atoms with Crippen molar-refractivity contribution in [3.8, 4) is 0 Å². The third-order valence-corrected chi connectivity index (χ3v) is 3.08. The first kappa shape index (κ1) is 13.2. The van der Waals surface area contributed by atoms with Crippen LogP contribution in [-0.4, -0.2) is 21.0 Å². The highest BCUT2D eigenvalue weighted by molar-refractivity contribution is 4.95. The van der Waals surface area contributed by atoms with Crippen LogP contribution in [0.1, 0.15) is 51.8 Å². The van der Waals surface area contributed by atoms with Crippen molar-refractivity contribution in [2.75, 3.05) is 0 Å². The van der Waals surface area contributed by atoms with E-state index in [4.69, 9.17) is 0 Å². The monoisotopic (exact) mass is 224 g/mol. The van der Waals surface area contributed by atoms with Gasteiger partial charge in [-0.2, -0.15) is 5.10 Å². The van der Waals surface area contributed by atoms with Gasteiger partial charge in [-0.3, -0.25) is 4.68 Å². The molecule has 16 heavy (non-hydrogen) atoms. The van der Waals surface area contributed by atoms with Gasteiger partial charge in [-0.15, -0.1) is 0 Å². The number of aryl methyl sites for hydroxylation is 1. The molecule has 3 heteroatoms. The predicted molar refractivity (Wildman–Crippen MR) is 66.4 cm³/mol. The fourth-order valence-corrected chi connectivity index (χ4v) is 1.77. The molecule has 0 amide bonds. The average molecular weight is 224 g/mol. The Morgan fingerprint density at radius 1 is 1.31 bits per heavy atom. The van der Waals surface area contributed by atoms with Gasteiger partial charge in [0.15, 0.2) is 0 Å². The number of hydrogen-bond acceptors (Lipinski definition) is 2. The van der Waals surface area contributed by atoms with Crippen LogP contribution < -0.4 is 0 Å². The summed E-state index contributed by atoms with van der Waals surface area (Å²) in [6.07, 6.45) is 4.89. The summed E-state index contributed by atoms with van der Waals surface area (Å²) < 4.78 is 2.01. The number of nitrogens with zero attached hydrogens (tertiary/aromatic N) is 2. The molecule has 1 heterocycles. The van der Waals surface area contributed by atoms with E-state index in [0.29, 0.717) is 12.0 Å². The molecular weight excluding hydrogens is 200 g/mol. The average Bonchev–Trinajstić information content (AvgIpc) is 2.64. The Balaban J connectivity index is 2.28. The maximum absolute atomic E-state index is 9.69. The van der Waals surface area contributed by atoms with Crippen LogP contribution in [-0.2, 0) is 0 Å². The van der Waals surface area contributed by atoms with Crippen LogP contribution in [0.5, 0.6) is 0 Å². The molecule has 0 aromatic carbocycles. The van der Waals surface area contributed by atoms with Crippen LogP contribution in [0.15, 0.2) is 12.3 Å². The molecule has 0 aliphatic heterocycles. The molecule has 1 aromatic heterocycles. The highest BCUT2D eigenvalue weighted by Crippen LogP contribution is 2.16. The normalized spacial score (nSPS) is 15.4. The van der Waals surface area contributed by atoms with Gasteiger partial charge < -0.3 is 5.11 Å². The molecule has 3 nitrogen and oxygen atoms in total. The fraction of sp³-hybridized carbons (Fsp3) is 0.769. The van der Waals surface area contributed by atoms with E-state index in [1.807, 2.05) is 23.9 Å². The molecule has 92 valence electrons. The molecule has 1 aromatic rings. The van der Waals surface area contributed by atoms with Crippen molar-refractivity contribution >= 4 is 0 Å². The van der Waals surface area contributed by atoms with Crippen LogP contribution in [0.2, 0.25) is 0 Å². The van der Waals surface area contributed by atoms with Gasteiger partial charge in [0.25, 0.3) is 0 Å². The van der Waals surface area contributed by atoms with E-state index < -0.39 is 0 Å². The Morgan fingerprint density at radius 2 is 2.00 bits per heavy atom. The number of aliphatic hydroxyl groups excluding tert-OH is 1. The van der Waals surface area contributed by atoms with Crippen molar-refractivity contribution in [3.05, 3.63) is 18.0 Å². The Hall–Kier alpha value is -0.830. The van der Waals surface area contributed by atoms with Crippen LogP contribution in [0.25, 0.3) is 0 Å². The molecule has 2 atom stereocenters. The Morgan fingerprint density at radius 3 is 2.50 bits per heavy atom. The van der Waals surface area contributed by atoms with Gasteiger partial charge in [-0.25, -0.2) is 0 Å². The minimum atomic E-state index is -0.161. The number of aromatic nitrogens is 2. The first-order valence-electron chi connectivity index (χ1n) is 6.20. The second kappa shape index (κ2) is 6.04. The van der Waals surface area contributed by atoms with E-state index in [9.17, 15) is 5.11 Å². The van der Waals surface area contributed by atoms with Gasteiger partial charge in [0.1, 0.15) is 0 Å². The van der Waals surface area contributed by atoms with E-state index in [1.165, 1.54) is 0 Å². The lowest BCUT2D eigenvalue weighted by atomic mass is 10.0. The SMILES string of the molecule is Cc1ccn(C(C)CCCC(O)C(C)C)n1. The summed E-state index contributed by atoms with van der Waals surface area (Å²) in [5.74, 6) is 0.363. The van der Waals surface area contributed by atoms with Gasteiger partial charge in [0.2, 0.25) is 0 Å². The van der Waals surface area contributed by atoms with Gasteiger partial charge in [0.05, 0.1) is 11.8 Å². The second-order valence-electron chi connectivity index (χ2n) is 5.03. The van der Waals surface area contributed by atoms with Crippen LogP contribution in [0.3, 0.4) is 0 Å². The zero-order valence-electron chi connectivity index (χ0n) is 10.8. The summed E-state index contributed by atoms with van der Waals surface area (Å²) in [5.41, 5.74) is 1.06. The van der Waals surface area contributed by atoms with Gasteiger partial charge in [-0.1, -0.05) is 13.8 Å². The van der Waals surface area contributed by atoms with Crippen molar-refractivity contribution < 1.29 is 5.11 Å². The minimum Gasteiger partial charge on any atom is -0.393 e.